The third kappa shape index (κ3) is 2.59. The van der Waals surface area contributed by atoms with Crippen LogP contribution in [0.15, 0.2) is 24.3 Å². The summed E-state index contributed by atoms with van der Waals surface area (Å²) < 4.78 is 13.5. The second-order valence-corrected chi connectivity index (χ2v) is 6.18. The van der Waals surface area contributed by atoms with Crippen molar-refractivity contribution in [1.29, 1.82) is 0 Å². The molecule has 3 heterocycles. The molecule has 1 unspecified atom stereocenters. The Morgan fingerprint density at radius 1 is 1.26 bits per heavy atom. The van der Waals surface area contributed by atoms with E-state index in [9.17, 15) is 0 Å². The molecule has 1 aromatic heterocycles. The standard InChI is InChI=1S/C18H23N3O2/c1-22-15-9-3-2-8-14(15)21-18-13(7-4-5-11-19-18)17(20-21)16-10-6-12-23-16/h2-3,8-9,16,19H,4-7,10-12H2,1H3. The van der Waals surface area contributed by atoms with E-state index >= 15 is 0 Å². The molecule has 2 aliphatic heterocycles. The highest BCUT2D eigenvalue weighted by Crippen LogP contribution is 2.37. The molecular weight excluding hydrogens is 290 g/mol. The van der Waals surface area contributed by atoms with Gasteiger partial charge in [-0.3, -0.25) is 0 Å². The summed E-state index contributed by atoms with van der Waals surface area (Å²) >= 11 is 0. The van der Waals surface area contributed by atoms with E-state index < -0.39 is 0 Å². The lowest BCUT2D eigenvalue weighted by Gasteiger charge is -2.12. The Bertz CT molecular complexity index is 690. The maximum absolute atomic E-state index is 5.92. The second kappa shape index (κ2) is 6.24. The summed E-state index contributed by atoms with van der Waals surface area (Å²) in [4.78, 5) is 0. The third-order valence-corrected chi connectivity index (χ3v) is 4.71. The van der Waals surface area contributed by atoms with Gasteiger partial charge in [0.05, 0.1) is 12.8 Å². The minimum absolute atomic E-state index is 0.139. The van der Waals surface area contributed by atoms with Gasteiger partial charge in [-0.05, 0) is 44.2 Å². The summed E-state index contributed by atoms with van der Waals surface area (Å²) in [6, 6.07) is 8.04. The maximum atomic E-state index is 5.92. The Morgan fingerprint density at radius 3 is 3.00 bits per heavy atom. The molecule has 1 N–H and O–H groups in total. The Morgan fingerprint density at radius 2 is 2.17 bits per heavy atom. The van der Waals surface area contributed by atoms with Crippen molar-refractivity contribution in [1.82, 2.24) is 9.78 Å². The van der Waals surface area contributed by atoms with Gasteiger partial charge in [-0.25, -0.2) is 4.68 Å². The number of nitrogens with one attached hydrogen (secondary N) is 1. The molecule has 0 radical (unpaired) electrons. The number of benzene rings is 1. The van der Waals surface area contributed by atoms with Crippen LogP contribution in [0.4, 0.5) is 5.82 Å². The van der Waals surface area contributed by atoms with Crippen molar-refractivity contribution in [3.63, 3.8) is 0 Å². The van der Waals surface area contributed by atoms with E-state index in [4.69, 9.17) is 14.6 Å². The molecule has 23 heavy (non-hydrogen) atoms. The quantitative estimate of drug-likeness (QED) is 0.942. The first kappa shape index (κ1) is 14.6. The SMILES string of the molecule is COc1ccccc1-n1nc(C2CCCO2)c2c1NCCCC2. The molecule has 5 nitrogen and oxygen atoms in total. The number of hydrogen-bond donors (Lipinski definition) is 1. The number of para-hydroxylation sites is 2. The summed E-state index contributed by atoms with van der Waals surface area (Å²) in [5.74, 6) is 1.94. The first-order valence-corrected chi connectivity index (χ1v) is 8.49. The highest BCUT2D eigenvalue weighted by molar-refractivity contribution is 5.58. The lowest BCUT2D eigenvalue weighted by atomic mass is 10.0. The molecule has 1 aromatic carbocycles. The highest BCUT2D eigenvalue weighted by Gasteiger charge is 2.29. The predicted octanol–water partition coefficient (Wildman–Crippen LogP) is 3.48. The first-order valence-electron chi connectivity index (χ1n) is 8.49. The second-order valence-electron chi connectivity index (χ2n) is 6.18. The summed E-state index contributed by atoms with van der Waals surface area (Å²) in [6.45, 7) is 1.83. The molecule has 0 spiro atoms. The van der Waals surface area contributed by atoms with E-state index in [-0.39, 0.29) is 6.10 Å². The van der Waals surface area contributed by atoms with Crippen molar-refractivity contribution in [2.24, 2.45) is 0 Å². The monoisotopic (exact) mass is 313 g/mol. The van der Waals surface area contributed by atoms with Gasteiger partial charge in [0.1, 0.15) is 23.4 Å². The van der Waals surface area contributed by atoms with Crippen molar-refractivity contribution in [3.05, 3.63) is 35.5 Å². The average molecular weight is 313 g/mol. The van der Waals surface area contributed by atoms with E-state index in [2.05, 4.69) is 11.4 Å². The number of fused-ring (bicyclic) bond motifs is 1. The molecule has 0 bridgehead atoms. The summed E-state index contributed by atoms with van der Waals surface area (Å²) in [7, 11) is 1.70. The van der Waals surface area contributed by atoms with Gasteiger partial charge in [-0.15, -0.1) is 0 Å². The van der Waals surface area contributed by atoms with Gasteiger partial charge in [0.15, 0.2) is 0 Å². The topological polar surface area (TPSA) is 48.3 Å². The number of anilines is 1. The maximum Gasteiger partial charge on any atom is 0.144 e. The summed E-state index contributed by atoms with van der Waals surface area (Å²) in [5, 5.41) is 8.52. The molecule has 1 fully saturated rings. The number of methoxy groups -OCH3 is 1. The number of nitrogens with zero attached hydrogens (tertiary/aromatic N) is 2. The van der Waals surface area contributed by atoms with Crippen molar-refractivity contribution >= 4 is 5.82 Å². The molecule has 2 aromatic rings. The first-order chi connectivity index (χ1) is 11.4. The molecule has 1 atom stereocenters. The number of rotatable bonds is 3. The van der Waals surface area contributed by atoms with Crippen LogP contribution >= 0.6 is 0 Å². The number of aromatic nitrogens is 2. The lowest BCUT2D eigenvalue weighted by Crippen LogP contribution is -2.08. The molecule has 1 saturated heterocycles. The molecular formula is C18H23N3O2. The summed E-state index contributed by atoms with van der Waals surface area (Å²) in [5.41, 5.74) is 3.41. The van der Waals surface area contributed by atoms with Crippen LogP contribution in [0.25, 0.3) is 5.69 Å². The smallest absolute Gasteiger partial charge is 0.144 e. The lowest BCUT2D eigenvalue weighted by molar-refractivity contribution is 0.107. The van der Waals surface area contributed by atoms with Crippen molar-refractivity contribution in [2.75, 3.05) is 25.6 Å². The normalized spacial score (nSPS) is 20.7. The van der Waals surface area contributed by atoms with Crippen LogP contribution < -0.4 is 10.1 Å². The zero-order valence-electron chi connectivity index (χ0n) is 13.5. The van der Waals surface area contributed by atoms with Gasteiger partial charge < -0.3 is 14.8 Å². The van der Waals surface area contributed by atoms with E-state index in [0.29, 0.717) is 0 Å². The fourth-order valence-electron chi connectivity index (χ4n) is 3.56. The Hall–Kier alpha value is -2.01. The van der Waals surface area contributed by atoms with Crippen LogP contribution in [-0.2, 0) is 11.2 Å². The molecule has 4 rings (SSSR count). The van der Waals surface area contributed by atoms with E-state index in [1.165, 1.54) is 18.4 Å². The number of hydrogen-bond acceptors (Lipinski definition) is 4. The largest absolute Gasteiger partial charge is 0.494 e. The molecule has 122 valence electrons. The van der Waals surface area contributed by atoms with Crippen LogP contribution in [0.3, 0.4) is 0 Å². The minimum atomic E-state index is 0.139. The average Bonchev–Trinajstić information content (AvgIpc) is 3.17. The van der Waals surface area contributed by atoms with Crippen LogP contribution in [-0.4, -0.2) is 30.0 Å². The van der Waals surface area contributed by atoms with Crippen molar-refractivity contribution < 1.29 is 9.47 Å². The molecule has 5 heteroatoms. The Balaban J connectivity index is 1.86. The highest BCUT2D eigenvalue weighted by atomic mass is 16.5. The van der Waals surface area contributed by atoms with E-state index in [1.54, 1.807) is 7.11 Å². The zero-order valence-corrected chi connectivity index (χ0v) is 13.5. The van der Waals surface area contributed by atoms with Crippen LogP contribution in [0.5, 0.6) is 5.75 Å². The Kier molecular flexibility index (Phi) is 3.95. The van der Waals surface area contributed by atoms with Crippen LogP contribution in [0.2, 0.25) is 0 Å². The van der Waals surface area contributed by atoms with Gasteiger partial charge in [0.2, 0.25) is 0 Å². The fourth-order valence-corrected chi connectivity index (χ4v) is 3.56. The van der Waals surface area contributed by atoms with Crippen molar-refractivity contribution in [3.8, 4) is 11.4 Å². The number of ether oxygens (including phenoxy) is 2. The molecule has 0 amide bonds. The molecule has 2 aliphatic rings. The minimum Gasteiger partial charge on any atom is -0.494 e. The van der Waals surface area contributed by atoms with Gasteiger partial charge >= 0.3 is 0 Å². The van der Waals surface area contributed by atoms with Crippen LogP contribution in [0.1, 0.15) is 43.0 Å². The van der Waals surface area contributed by atoms with E-state index in [1.807, 2.05) is 22.9 Å². The van der Waals surface area contributed by atoms with E-state index in [0.717, 1.165) is 55.4 Å². The van der Waals surface area contributed by atoms with Crippen LogP contribution in [0, 0.1) is 0 Å². The fraction of sp³-hybridized carbons (Fsp3) is 0.500. The summed E-state index contributed by atoms with van der Waals surface area (Å²) in [6.07, 6.45) is 5.76. The molecule has 0 saturated carbocycles. The van der Waals surface area contributed by atoms with Gasteiger partial charge in [0.25, 0.3) is 0 Å². The Labute approximate surface area is 136 Å². The predicted molar refractivity (Wildman–Crippen MR) is 89.5 cm³/mol. The zero-order chi connectivity index (χ0) is 15.6. The molecule has 0 aliphatic carbocycles. The van der Waals surface area contributed by atoms with Crippen molar-refractivity contribution in [2.45, 2.75) is 38.2 Å². The third-order valence-electron chi connectivity index (χ3n) is 4.71. The van der Waals surface area contributed by atoms with Gasteiger partial charge in [-0.2, -0.15) is 5.10 Å². The van der Waals surface area contributed by atoms with Gasteiger partial charge in [-0.1, -0.05) is 12.1 Å². The van der Waals surface area contributed by atoms with Gasteiger partial charge in [0, 0.05) is 18.7 Å².